The molecule has 0 aliphatic carbocycles. The van der Waals surface area contributed by atoms with Gasteiger partial charge in [0.05, 0.1) is 4.92 Å². The van der Waals surface area contributed by atoms with Gasteiger partial charge in [0.15, 0.2) is 0 Å². The van der Waals surface area contributed by atoms with Crippen molar-refractivity contribution in [1.82, 2.24) is 20.0 Å². The molecular formula is C16H16N6O4. The number of nitro benzene ring substituents is 1. The summed E-state index contributed by atoms with van der Waals surface area (Å²) in [5.74, 6) is -0.360. The SMILES string of the molecule is Cc1c(C(=O)Nc2nnc(-c3ccnn3C(C)C)o2)cccc1[N+](=O)[O-]. The van der Waals surface area contributed by atoms with Crippen LogP contribution in [0.15, 0.2) is 34.9 Å². The molecular weight excluding hydrogens is 340 g/mol. The number of amides is 1. The number of nitro groups is 1. The van der Waals surface area contributed by atoms with Crippen LogP contribution in [0.3, 0.4) is 0 Å². The first-order valence-electron chi connectivity index (χ1n) is 7.81. The molecule has 2 aromatic heterocycles. The molecule has 0 saturated heterocycles. The molecule has 0 unspecified atom stereocenters. The first kappa shape index (κ1) is 17.3. The molecule has 3 rings (SSSR count). The van der Waals surface area contributed by atoms with Crippen molar-refractivity contribution >= 4 is 17.6 Å². The molecule has 1 N–H and O–H groups in total. The maximum atomic E-state index is 12.4. The number of nitrogens with one attached hydrogen (secondary N) is 1. The summed E-state index contributed by atoms with van der Waals surface area (Å²) in [5, 5.41) is 25.4. The predicted octanol–water partition coefficient (Wildman–Crippen LogP) is 2.98. The maximum Gasteiger partial charge on any atom is 0.322 e. The van der Waals surface area contributed by atoms with Gasteiger partial charge in [-0.3, -0.25) is 24.9 Å². The smallest absolute Gasteiger partial charge is 0.322 e. The quantitative estimate of drug-likeness (QED) is 0.549. The van der Waals surface area contributed by atoms with Crippen molar-refractivity contribution in [2.45, 2.75) is 26.8 Å². The molecule has 0 radical (unpaired) electrons. The van der Waals surface area contributed by atoms with E-state index in [4.69, 9.17) is 4.42 Å². The lowest BCUT2D eigenvalue weighted by Crippen LogP contribution is -2.14. The molecule has 3 aromatic rings. The molecule has 10 nitrogen and oxygen atoms in total. The number of carbonyl (C=O) groups excluding carboxylic acids is 1. The summed E-state index contributed by atoms with van der Waals surface area (Å²) in [4.78, 5) is 22.9. The van der Waals surface area contributed by atoms with E-state index >= 15 is 0 Å². The zero-order chi connectivity index (χ0) is 18.8. The minimum Gasteiger partial charge on any atom is -0.401 e. The van der Waals surface area contributed by atoms with Crippen LogP contribution in [0, 0.1) is 17.0 Å². The molecule has 0 aliphatic heterocycles. The molecule has 26 heavy (non-hydrogen) atoms. The van der Waals surface area contributed by atoms with Crippen LogP contribution in [-0.2, 0) is 0 Å². The van der Waals surface area contributed by atoms with Gasteiger partial charge < -0.3 is 4.42 Å². The normalized spacial score (nSPS) is 10.9. The third-order valence-corrected chi connectivity index (χ3v) is 3.77. The number of anilines is 1. The lowest BCUT2D eigenvalue weighted by atomic mass is 10.1. The monoisotopic (exact) mass is 356 g/mol. The van der Waals surface area contributed by atoms with E-state index in [1.165, 1.54) is 25.1 Å². The summed E-state index contributed by atoms with van der Waals surface area (Å²) in [5.41, 5.74) is 0.906. The fraction of sp³-hybridized carbons (Fsp3) is 0.250. The third-order valence-electron chi connectivity index (χ3n) is 3.77. The van der Waals surface area contributed by atoms with Gasteiger partial charge in [-0.15, -0.1) is 5.10 Å². The fourth-order valence-corrected chi connectivity index (χ4v) is 2.50. The van der Waals surface area contributed by atoms with E-state index in [0.717, 1.165) is 0 Å². The van der Waals surface area contributed by atoms with Crippen LogP contribution >= 0.6 is 0 Å². The number of hydrogen-bond acceptors (Lipinski definition) is 7. The summed E-state index contributed by atoms with van der Waals surface area (Å²) in [6.07, 6.45) is 1.62. The van der Waals surface area contributed by atoms with Gasteiger partial charge >= 0.3 is 6.01 Å². The van der Waals surface area contributed by atoms with E-state index in [0.29, 0.717) is 5.69 Å². The van der Waals surface area contributed by atoms with Crippen molar-refractivity contribution in [2.75, 3.05) is 5.32 Å². The van der Waals surface area contributed by atoms with E-state index in [2.05, 4.69) is 20.6 Å². The van der Waals surface area contributed by atoms with Crippen molar-refractivity contribution in [3.63, 3.8) is 0 Å². The number of benzene rings is 1. The largest absolute Gasteiger partial charge is 0.401 e. The Hall–Kier alpha value is -3.56. The van der Waals surface area contributed by atoms with Gasteiger partial charge in [-0.25, -0.2) is 0 Å². The molecule has 0 atom stereocenters. The number of carbonyl (C=O) groups is 1. The van der Waals surface area contributed by atoms with Crippen LogP contribution in [0.5, 0.6) is 0 Å². The fourth-order valence-electron chi connectivity index (χ4n) is 2.50. The Morgan fingerprint density at radius 3 is 2.77 bits per heavy atom. The highest BCUT2D eigenvalue weighted by Crippen LogP contribution is 2.24. The summed E-state index contributed by atoms with van der Waals surface area (Å²) < 4.78 is 7.19. The first-order valence-corrected chi connectivity index (χ1v) is 7.81. The highest BCUT2D eigenvalue weighted by Gasteiger charge is 2.20. The minimum atomic E-state index is -0.571. The zero-order valence-corrected chi connectivity index (χ0v) is 14.3. The second-order valence-corrected chi connectivity index (χ2v) is 5.83. The molecule has 134 valence electrons. The van der Waals surface area contributed by atoms with E-state index in [-0.39, 0.29) is 34.8 Å². The Labute approximate surface area is 148 Å². The Bertz CT molecular complexity index is 975. The number of rotatable bonds is 5. The topological polar surface area (TPSA) is 129 Å². The Morgan fingerprint density at radius 1 is 1.31 bits per heavy atom. The van der Waals surface area contributed by atoms with Gasteiger partial charge in [0.25, 0.3) is 17.5 Å². The highest BCUT2D eigenvalue weighted by atomic mass is 16.6. The lowest BCUT2D eigenvalue weighted by molar-refractivity contribution is -0.385. The van der Waals surface area contributed by atoms with Gasteiger partial charge in [-0.2, -0.15) is 5.10 Å². The van der Waals surface area contributed by atoms with E-state index < -0.39 is 10.8 Å². The highest BCUT2D eigenvalue weighted by molar-refractivity contribution is 6.04. The standard InChI is InChI=1S/C16H16N6O4/c1-9(2)21-13(7-8-17-21)15-19-20-16(26-15)18-14(23)11-5-4-6-12(10(11)3)22(24)25/h4-9H,1-3H3,(H,18,20,23). The van der Waals surface area contributed by atoms with Crippen LogP contribution in [0.25, 0.3) is 11.6 Å². The second-order valence-electron chi connectivity index (χ2n) is 5.83. The van der Waals surface area contributed by atoms with Crippen LogP contribution < -0.4 is 5.32 Å². The third kappa shape index (κ3) is 3.16. The molecule has 0 spiro atoms. The maximum absolute atomic E-state index is 12.4. The van der Waals surface area contributed by atoms with Gasteiger partial charge in [0, 0.05) is 29.4 Å². The summed E-state index contributed by atoms with van der Waals surface area (Å²) in [6.45, 7) is 5.43. The van der Waals surface area contributed by atoms with Crippen molar-refractivity contribution in [1.29, 1.82) is 0 Å². The summed E-state index contributed by atoms with van der Waals surface area (Å²) in [7, 11) is 0. The minimum absolute atomic E-state index is 0.0949. The molecule has 2 heterocycles. The molecule has 1 aromatic carbocycles. The van der Waals surface area contributed by atoms with Crippen LogP contribution in [0.1, 0.15) is 35.8 Å². The number of hydrogen-bond donors (Lipinski definition) is 1. The first-order chi connectivity index (χ1) is 12.4. The van der Waals surface area contributed by atoms with Crippen LogP contribution in [-0.4, -0.2) is 30.8 Å². The van der Waals surface area contributed by atoms with Gasteiger partial charge in [-0.05, 0) is 32.9 Å². The molecule has 0 saturated carbocycles. The Balaban J connectivity index is 1.84. The molecule has 0 bridgehead atoms. The number of nitrogens with zero attached hydrogens (tertiary/aromatic N) is 5. The van der Waals surface area contributed by atoms with Crippen molar-refractivity contribution in [3.05, 3.63) is 51.7 Å². The average Bonchev–Trinajstić information content (AvgIpc) is 3.23. The number of aromatic nitrogens is 4. The molecule has 1 amide bonds. The molecule has 0 fully saturated rings. The molecule has 0 aliphatic rings. The predicted molar refractivity (Wildman–Crippen MR) is 91.7 cm³/mol. The summed E-state index contributed by atoms with van der Waals surface area (Å²) in [6, 6.07) is 5.99. The van der Waals surface area contributed by atoms with Gasteiger partial charge in [0.2, 0.25) is 0 Å². The average molecular weight is 356 g/mol. The zero-order valence-electron chi connectivity index (χ0n) is 14.3. The lowest BCUT2D eigenvalue weighted by Gasteiger charge is -2.07. The second kappa shape index (κ2) is 6.75. The Morgan fingerprint density at radius 2 is 2.08 bits per heavy atom. The van der Waals surface area contributed by atoms with Crippen LogP contribution in [0.4, 0.5) is 11.7 Å². The van der Waals surface area contributed by atoms with Gasteiger partial charge in [0.1, 0.15) is 5.69 Å². The Kier molecular flexibility index (Phi) is 4.48. The van der Waals surface area contributed by atoms with E-state index in [1.54, 1.807) is 16.9 Å². The van der Waals surface area contributed by atoms with Crippen molar-refractivity contribution in [2.24, 2.45) is 0 Å². The van der Waals surface area contributed by atoms with Crippen molar-refractivity contribution < 1.29 is 14.1 Å². The van der Waals surface area contributed by atoms with Crippen LogP contribution in [0.2, 0.25) is 0 Å². The van der Waals surface area contributed by atoms with Crippen molar-refractivity contribution in [3.8, 4) is 11.6 Å². The van der Waals surface area contributed by atoms with E-state index in [1.807, 2.05) is 13.8 Å². The van der Waals surface area contributed by atoms with E-state index in [9.17, 15) is 14.9 Å². The van der Waals surface area contributed by atoms with Gasteiger partial charge in [-0.1, -0.05) is 11.2 Å². The molecule has 10 heteroatoms. The summed E-state index contributed by atoms with van der Waals surface area (Å²) >= 11 is 0.